The summed E-state index contributed by atoms with van der Waals surface area (Å²) in [5, 5.41) is 3.84. The number of halogens is 3. The van der Waals surface area contributed by atoms with E-state index in [1.165, 1.54) is 0 Å². The Morgan fingerprint density at radius 2 is 2.06 bits per heavy atom. The number of nitrogens with zero attached hydrogens (tertiary/aromatic N) is 3. The highest BCUT2D eigenvalue weighted by atomic mass is 19.4. The summed E-state index contributed by atoms with van der Waals surface area (Å²) in [5.41, 5.74) is 6.53. The van der Waals surface area contributed by atoms with Crippen molar-refractivity contribution in [1.82, 2.24) is 14.6 Å². The maximum absolute atomic E-state index is 12.7. The Balaban J connectivity index is 2.71. The van der Waals surface area contributed by atoms with Gasteiger partial charge in [0, 0.05) is 6.42 Å². The minimum atomic E-state index is -4.52. The van der Waals surface area contributed by atoms with Crippen LogP contribution in [0, 0.1) is 6.92 Å². The molecule has 17 heavy (non-hydrogen) atoms. The van der Waals surface area contributed by atoms with Gasteiger partial charge in [0.15, 0.2) is 0 Å². The predicted molar refractivity (Wildman–Crippen MR) is 55.5 cm³/mol. The number of hydrogen-bond acceptors (Lipinski definition) is 3. The second-order valence-electron chi connectivity index (χ2n) is 3.69. The number of fused-ring (bicyclic) bond motifs is 1. The molecule has 7 heteroatoms. The van der Waals surface area contributed by atoms with Gasteiger partial charge in [0.1, 0.15) is 0 Å². The Hall–Kier alpha value is -1.63. The average Bonchev–Trinajstić information content (AvgIpc) is 2.56. The molecule has 0 aliphatic rings. The minimum Gasteiger partial charge on any atom is -0.330 e. The Morgan fingerprint density at radius 3 is 2.65 bits per heavy atom. The van der Waals surface area contributed by atoms with Crippen molar-refractivity contribution in [3.05, 3.63) is 29.3 Å². The monoisotopic (exact) mass is 244 g/mol. The second kappa shape index (κ2) is 3.99. The van der Waals surface area contributed by atoms with Gasteiger partial charge in [0.2, 0.25) is 5.82 Å². The van der Waals surface area contributed by atoms with Gasteiger partial charge in [-0.3, -0.25) is 0 Å². The van der Waals surface area contributed by atoms with E-state index < -0.39 is 12.0 Å². The van der Waals surface area contributed by atoms with Gasteiger partial charge in [-0.05, 0) is 25.6 Å². The lowest BCUT2D eigenvalue weighted by Crippen LogP contribution is -2.12. The molecule has 2 N–H and O–H groups in total. The van der Waals surface area contributed by atoms with Gasteiger partial charge in [-0.15, -0.1) is 0 Å². The molecule has 0 unspecified atom stereocenters. The van der Waals surface area contributed by atoms with Crippen molar-refractivity contribution in [3.8, 4) is 0 Å². The topological polar surface area (TPSA) is 56.2 Å². The van der Waals surface area contributed by atoms with E-state index in [0.717, 1.165) is 4.52 Å². The van der Waals surface area contributed by atoms with E-state index in [-0.39, 0.29) is 6.54 Å². The Labute approximate surface area is 95.3 Å². The van der Waals surface area contributed by atoms with Crippen molar-refractivity contribution in [1.29, 1.82) is 0 Å². The summed E-state index contributed by atoms with van der Waals surface area (Å²) in [7, 11) is 0. The second-order valence-corrected chi connectivity index (χ2v) is 3.69. The van der Waals surface area contributed by atoms with Crippen LogP contribution in [0.4, 0.5) is 13.2 Å². The molecule has 0 atom stereocenters. The molecule has 0 aliphatic carbocycles. The maximum atomic E-state index is 12.7. The van der Waals surface area contributed by atoms with E-state index in [1.807, 2.05) is 0 Å². The molecule has 0 aromatic carbocycles. The molecule has 0 radical (unpaired) electrons. The zero-order valence-electron chi connectivity index (χ0n) is 9.12. The Kier molecular flexibility index (Phi) is 2.78. The van der Waals surface area contributed by atoms with Crippen molar-refractivity contribution in [2.24, 2.45) is 5.73 Å². The van der Waals surface area contributed by atoms with Crippen LogP contribution in [0.3, 0.4) is 0 Å². The molecule has 0 fully saturated rings. The van der Waals surface area contributed by atoms with E-state index in [9.17, 15) is 13.2 Å². The maximum Gasteiger partial charge on any atom is 0.451 e. The van der Waals surface area contributed by atoms with Crippen LogP contribution >= 0.6 is 0 Å². The van der Waals surface area contributed by atoms with E-state index in [1.54, 1.807) is 19.1 Å². The number of nitrogens with two attached hydrogens (primary N) is 1. The first-order valence-corrected chi connectivity index (χ1v) is 5.06. The van der Waals surface area contributed by atoms with Crippen molar-refractivity contribution in [2.45, 2.75) is 19.5 Å². The molecular weight excluding hydrogens is 233 g/mol. The van der Waals surface area contributed by atoms with Crippen LogP contribution in [0.5, 0.6) is 0 Å². The SMILES string of the molecule is Cc1ccc2c(CCN)nc(C(F)(F)F)n2n1. The van der Waals surface area contributed by atoms with Crippen LogP contribution in [0.25, 0.3) is 5.52 Å². The third-order valence-corrected chi connectivity index (χ3v) is 2.34. The number of hydrogen-bond donors (Lipinski definition) is 1. The van der Waals surface area contributed by atoms with E-state index in [4.69, 9.17) is 5.73 Å². The molecule has 4 nitrogen and oxygen atoms in total. The summed E-state index contributed by atoms with van der Waals surface area (Å²) in [6.07, 6.45) is -4.22. The first-order valence-electron chi connectivity index (χ1n) is 5.06. The van der Waals surface area contributed by atoms with Gasteiger partial charge < -0.3 is 5.73 Å². The molecule has 2 rings (SSSR count). The standard InChI is InChI=1S/C10H11F3N4/c1-6-2-3-8-7(4-5-14)15-9(10(11,12)13)17(8)16-6/h2-3H,4-5,14H2,1H3. The molecule has 0 spiro atoms. The fraction of sp³-hybridized carbons (Fsp3) is 0.400. The number of alkyl halides is 3. The van der Waals surface area contributed by atoms with Crippen molar-refractivity contribution in [3.63, 3.8) is 0 Å². The third kappa shape index (κ3) is 2.10. The fourth-order valence-corrected chi connectivity index (χ4v) is 1.63. The lowest BCUT2D eigenvalue weighted by atomic mass is 10.2. The first-order chi connectivity index (χ1) is 7.93. The van der Waals surface area contributed by atoms with E-state index in [2.05, 4.69) is 10.1 Å². The fourth-order valence-electron chi connectivity index (χ4n) is 1.63. The number of aromatic nitrogens is 3. The highest BCUT2D eigenvalue weighted by Gasteiger charge is 2.37. The van der Waals surface area contributed by atoms with Crippen molar-refractivity contribution < 1.29 is 13.2 Å². The molecule has 2 heterocycles. The molecule has 0 saturated carbocycles. The average molecular weight is 244 g/mol. The van der Waals surface area contributed by atoms with Gasteiger partial charge in [0.05, 0.1) is 16.9 Å². The molecule has 0 saturated heterocycles. The van der Waals surface area contributed by atoms with Gasteiger partial charge >= 0.3 is 6.18 Å². The number of aryl methyl sites for hydroxylation is 1. The minimum absolute atomic E-state index is 0.248. The zero-order valence-corrected chi connectivity index (χ0v) is 9.12. The van der Waals surface area contributed by atoms with Crippen LogP contribution in [0.2, 0.25) is 0 Å². The zero-order chi connectivity index (χ0) is 12.6. The van der Waals surface area contributed by atoms with Crippen molar-refractivity contribution >= 4 is 5.52 Å². The predicted octanol–water partition coefficient (Wildman–Crippen LogP) is 1.56. The normalized spacial score (nSPS) is 12.3. The first kappa shape index (κ1) is 11.8. The molecular formula is C10H11F3N4. The molecule has 0 aliphatic heterocycles. The summed E-state index contributed by atoms with van der Waals surface area (Å²) in [6.45, 7) is 1.88. The summed E-state index contributed by atoms with van der Waals surface area (Å²) in [5.74, 6) is -1.00. The molecule has 2 aromatic rings. The summed E-state index contributed by atoms with van der Waals surface area (Å²) < 4.78 is 39.1. The number of imidazole rings is 1. The van der Waals surface area contributed by atoms with Crippen LogP contribution < -0.4 is 5.73 Å². The van der Waals surface area contributed by atoms with Crippen molar-refractivity contribution in [2.75, 3.05) is 6.54 Å². The highest BCUT2D eigenvalue weighted by Crippen LogP contribution is 2.29. The highest BCUT2D eigenvalue weighted by molar-refractivity contribution is 5.52. The molecule has 0 amide bonds. The van der Waals surface area contributed by atoms with Crippen LogP contribution in [-0.4, -0.2) is 21.1 Å². The molecule has 2 aromatic heterocycles. The largest absolute Gasteiger partial charge is 0.451 e. The Morgan fingerprint density at radius 1 is 1.35 bits per heavy atom. The third-order valence-electron chi connectivity index (χ3n) is 2.34. The van der Waals surface area contributed by atoms with Gasteiger partial charge in [-0.1, -0.05) is 0 Å². The van der Waals surface area contributed by atoms with Crippen LogP contribution in [0.15, 0.2) is 12.1 Å². The summed E-state index contributed by atoms with van der Waals surface area (Å²) in [6, 6.07) is 3.23. The van der Waals surface area contributed by atoms with Gasteiger partial charge in [0.25, 0.3) is 0 Å². The lowest BCUT2D eigenvalue weighted by Gasteiger charge is -2.04. The molecule has 0 bridgehead atoms. The van der Waals surface area contributed by atoms with Crippen LogP contribution in [-0.2, 0) is 12.6 Å². The molecule has 92 valence electrons. The summed E-state index contributed by atoms with van der Waals surface area (Å²) in [4.78, 5) is 3.59. The van der Waals surface area contributed by atoms with E-state index >= 15 is 0 Å². The van der Waals surface area contributed by atoms with Gasteiger partial charge in [-0.2, -0.15) is 18.3 Å². The smallest absolute Gasteiger partial charge is 0.330 e. The van der Waals surface area contributed by atoms with Gasteiger partial charge in [-0.25, -0.2) is 9.50 Å². The van der Waals surface area contributed by atoms with Crippen LogP contribution in [0.1, 0.15) is 17.2 Å². The Bertz CT molecular complexity index is 544. The lowest BCUT2D eigenvalue weighted by molar-refractivity contribution is -0.146. The number of rotatable bonds is 2. The van der Waals surface area contributed by atoms with E-state index in [0.29, 0.717) is 23.3 Å². The quantitative estimate of drug-likeness (QED) is 0.872. The summed E-state index contributed by atoms with van der Waals surface area (Å²) >= 11 is 0.